The summed E-state index contributed by atoms with van der Waals surface area (Å²) in [5.41, 5.74) is 10.5. The third kappa shape index (κ3) is 2.01. The lowest BCUT2D eigenvalue weighted by Crippen LogP contribution is -1.93. The molecule has 19 heavy (non-hydrogen) atoms. The van der Waals surface area contributed by atoms with Gasteiger partial charge in [0.1, 0.15) is 11.4 Å². The molecule has 0 bridgehead atoms. The van der Waals surface area contributed by atoms with Gasteiger partial charge in [0.05, 0.1) is 18.5 Å². The normalized spacial score (nSPS) is 10.8. The number of nitrogen functional groups attached to an aromatic ring is 1. The van der Waals surface area contributed by atoms with E-state index in [1.165, 1.54) is 0 Å². The molecule has 0 saturated heterocycles. The molecule has 0 amide bonds. The predicted molar refractivity (Wildman–Crippen MR) is 76.3 cm³/mol. The second-order valence-electron chi connectivity index (χ2n) is 4.54. The van der Waals surface area contributed by atoms with Gasteiger partial charge in [0.15, 0.2) is 0 Å². The Labute approximate surface area is 111 Å². The number of hydrogen-bond donors (Lipinski definition) is 1. The summed E-state index contributed by atoms with van der Waals surface area (Å²) >= 11 is 0. The predicted octanol–water partition coefficient (Wildman–Crippen LogP) is 2.90. The van der Waals surface area contributed by atoms with Gasteiger partial charge in [0.25, 0.3) is 0 Å². The fourth-order valence-corrected chi connectivity index (χ4v) is 2.07. The minimum Gasteiger partial charge on any atom is -0.497 e. The zero-order valence-electron chi connectivity index (χ0n) is 10.9. The third-order valence-corrected chi connectivity index (χ3v) is 3.21. The lowest BCUT2D eigenvalue weighted by atomic mass is 10.1. The van der Waals surface area contributed by atoms with Crippen LogP contribution in [0.5, 0.6) is 5.75 Å². The number of nitrogens with two attached hydrogens (primary N) is 1. The second-order valence-corrected chi connectivity index (χ2v) is 4.54. The first kappa shape index (κ1) is 11.6. The standard InChI is InChI=1S/C15H15N3O/c1-10-6-15-17-14(9-18(15)8-13(10)16)11-4-3-5-12(7-11)19-2/h3-9H,16H2,1-2H3. The monoisotopic (exact) mass is 253 g/mol. The number of aryl methyl sites for hydroxylation is 1. The average Bonchev–Trinajstić information content (AvgIpc) is 2.82. The van der Waals surface area contributed by atoms with Gasteiger partial charge in [-0.2, -0.15) is 0 Å². The zero-order valence-corrected chi connectivity index (χ0v) is 10.9. The maximum absolute atomic E-state index is 5.91. The van der Waals surface area contributed by atoms with Crippen molar-refractivity contribution in [2.45, 2.75) is 6.92 Å². The number of ether oxygens (including phenoxy) is 1. The molecule has 0 unspecified atom stereocenters. The van der Waals surface area contributed by atoms with Crippen molar-refractivity contribution in [1.29, 1.82) is 0 Å². The van der Waals surface area contributed by atoms with Crippen LogP contribution in [0.1, 0.15) is 5.56 Å². The first-order valence-electron chi connectivity index (χ1n) is 6.06. The third-order valence-electron chi connectivity index (χ3n) is 3.21. The number of rotatable bonds is 2. The molecule has 96 valence electrons. The fraction of sp³-hybridized carbons (Fsp3) is 0.133. The number of benzene rings is 1. The molecule has 3 rings (SSSR count). The van der Waals surface area contributed by atoms with Crippen LogP contribution >= 0.6 is 0 Å². The Morgan fingerprint density at radius 2 is 2.05 bits per heavy atom. The summed E-state index contributed by atoms with van der Waals surface area (Å²) in [5.74, 6) is 0.824. The molecule has 2 heterocycles. The number of methoxy groups -OCH3 is 1. The van der Waals surface area contributed by atoms with Crippen molar-refractivity contribution in [3.05, 3.63) is 48.3 Å². The van der Waals surface area contributed by atoms with E-state index in [0.29, 0.717) is 0 Å². The van der Waals surface area contributed by atoms with E-state index in [1.54, 1.807) is 7.11 Å². The average molecular weight is 253 g/mol. The smallest absolute Gasteiger partial charge is 0.137 e. The fourth-order valence-electron chi connectivity index (χ4n) is 2.07. The van der Waals surface area contributed by atoms with Crippen LogP contribution in [0.15, 0.2) is 42.7 Å². The zero-order chi connectivity index (χ0) is 13.4. The Morgan fingerprint density at radius 3 is 2.84 bits per heavy atom. The molecule has 3 aromatic rings. The summed E-state index contributed by atoms with van der Waals surface area (Å²) in [6.45, 7) is 1.98. The molecule has 4 nitrogen and oxygen atoms in total. The van der Waals surface area contributed by atoms with Crippen LogP contribution < -0.4 is 10.5 Å². The molecule has 1 aromatic carbocycles. The lowest BCUT2D eigenvalue weighted by molar-refractivity contribution is 0.415. The van der Waals surface area contributed by atoms with Gasteiger partial charge in [-0.1, -0.05) is 12.1 Å². The van der Waals surface area contributed by atoms with E-state index < -0.39 is 0 Å². The maximum Gasteiger partial charge on any atom is 0.137 e. The van der Waals surface area contributed by atoms with E-state index in [9.17, 15) is 0 Å². The van der Waals surface area contributed by atoms with E-state index in [2.05, 4.69) is 4.98 Å². The molecule has 0 atom stereocenters. The number of hydrogen-bond acceptors (Lipinski definition) is 3. The van der Waals surface area contributed by atoms with Gasteiger partial charge in [0.2, 0.25) is 0 Å². The number of nitrogens with zero attached hydrogens (tertiary/aromatic N) is 2. The van der Waals surface area contributed by atoms with Crippen molar-refractivity contribution in [3.8, 4) is 17.0 Å². The van der Waals surface area contributed by atoms with E-state index in [-0.39, 0.29) is 0 Å². The number of fused-ring (bicyclic) bond motifs is 1. The molecule has 4 heteroatoms. The first-order chi connectivity index (χ1) is 9.17. The van der Waals surface area contributed by atoms with Gasteiger partial charge in [0, 0.05) is 18.0 Å². The molecule has 2 aromatic heterocycles. The molecule has 0 radical (unpaired) electrons. The van der Waals surface area contributed by atoms with Crippen molar-refractivity contribution in [3.63, 3.8) is 0 Å². The van der Waals surface area contributed by atoms with Crippen molar-refractivity contribution in [2.24, 2.45) is 0 Å². The number of imidazole rings is 1. The molecule has 2 N–H and O–H groups in total. The van der Waals surface area contributed by atoms with E-state index >= 15 is 0 Å². The molecular formula is C15H15N3O. The van der Waals surface area contributed by atoms with Gasteiger partial charge >= 0.3 is 0 Å². The highest BCUT2D eigenvalue weighted by Crippen LogP contribution is 2.24. The van der Waals surface area contributed by atoms with Crippen molar-refractivity contribution in [1.82, 2.24) is 9.38 Å². The molecular weight excluding hydrogens is 238 g/mol. The van der Waals surface area contributed by atoms with Crippen LogP contribution in [0.4, 0.5) is 5.69 Å². The lowest BCUT2D eigenvalue weighted by Gasteiger charge is -2.00. The van der Waals surface area contributed by atoms with E-state index in [0.717, 1.165) is 33.9 Å². The van der Waals surface area contributed by atoms with Gasteiger partial charge in [-0.05, 0) is 30.7 Å². The highest BCUT2D eigenvalue weighted by molar-refractivity contribution is 5.65. The SMILES string of the molecule is COc1cccc(-c2cn3cc(N)c(C)cc3n2)c1. The number of pyridine rings is 1. The van der Waals surface area contributed by atoms with Crippen molar-refractivity contribution >= 4 is 11.3 Å². The van der Waals surface area contributed by atoms with Gasteiger partial charge < -0.3 is 14.9 Å². The van der Waals surface area contributed by atoms with E-state index in [1.807, 2.05) is 54.0 Å². The molecule has 0 aliphatic rings. The minimum absolute atomic E-state index is 0.766. The molecule has 0 aliphatic carbocycles. The largest absolute Gasteiger partial charge is 0.497 e. The summed E-state index contributed by atoms with van der Waals surface area (Å²) in [5, 5.41) is 0. The van der Waals surface area contributed by atoms with Gasteiger partial charge in [-0.25, -0.2) is 4.98 Å². The molecule has 0 spiro atoms. The van der Waals surface area contributed by atoms with Crippen molar-refractivity contribution < 1.29 is 4.74 Å². The van der Waals surface area contributed by atoms with Crippen LogP contribution in [-0.4, -0.2) is 16.5 Å². The van der Waals surface area contributed by atoms with Crippen LogP contribution in [0, 0.1) is 6.92 Å². The second kappa shape index (κ2) is 4.31. The van der Waals surface area contributed by atoms with Crippen LogP contribution in [-0.2, 0) is 0 Å². The Balaban J connectivity index is 2.14. The quantitative estimate of drug-likeness (QED) is 0.764. The minimum atomic E-state index is 0.766. The summed E-state index contributed by atoms with van der Waals surface area (Å²) in [6, 6.07) is 9.84. The Morgan fingerprint density at radius 1 is 1.21 bits per heavy atom. The summed E-state index contributed by atoms with van der Waals surface area (Å²) in [6.07, 6.45) is 3.86. The van der Waals surface area contributed by atoms with Gasteiger partial charge in [-0.3, -0.25) is 0 Å². The molecule has 0 fully saturated rings. The van der Waals surface area contributed by atoms with Crippen LogP contribution in [0.2, 0.25) is 0 Å². The number of aromatic nitrogens is 2. The summed E-state index contributed by atoms with van der Waals surface area (Å²) in [4.78, 5) is 4.61. The topological polar surface area (TPSA) is 52.5 Å². The van der Waals surface area contributed by atoms with Gasteiger partial charge in [-0.15, -0.1) is 0 Å². The highest BCUT2D eigenvalue weighted by atomic mass is 16.5. The van der Waals surface area contributed by atoms with Crippen molar-refractivity contribution in [2.75, 3.05) is 12.8 Å². The summed E-state index contributed by atoms with van der Waals surface area (Å²) in [7, 11) is 1.66. The molecule has 0 saturated carbocycles. The Kier molecular flexibility index (Phi) is 2.63. The molecule has 0 aliphatic heterocycles. The van der Waals surface area contributed by atoms with Crippen LogP contribution in [0.3, 0.4) is 0 Å². The van der Waals surface area contributed by atoms with E-state index in [4.69, 9.17) is 10.5 Å². The Hall–Kier alpha value is -2.49. The number of anilines is 1. The van der Waals surface area contributed by atoms with Crippen LogP contribution in [0.25, 0.3) is 16.9 Å². The summed E-state index contributed by atoms with van der Waals surface area (Å²) < 4.78 is 7.18. The first-order valence-corrected chi connectivity index (χ1v) is 6.06. The Bertz CT molecular complexity index is 707. The maximum atomic E-state index is 5.91. The highest BCUT2D eigenvalue weighted by Gasteiger charge is 2.06.